The number of nitriles is 1. The van der Waals surface area contributed by atoms with Gasteiger partial charge in [0, 0.05) is 4.47 Å². The molecule has 0 spiro atoms. The van der Waals surface area contributed by atoms with Crippen molar-refractivity contribution in [2.24, 2.45) is 0 Å². The molecule has 0 amide bonds. The first-order valence-corrected chi connectivity index (χ1v) is 3.77. The van der Waals surface area contributed by atoms with Crippen LogP contribution in [0.4, 0.5) is 5.82 Å². The number of pyridine rings is 1. The Morgan fingerprint density at radius 1 is 1.73 bits per heavy atom. The van der Waals surface area contributed by atoms with Crippen molar-refractivity contribution in [1.82, 2.24) is 4.98 Å². The highest BCUT2D eigenvalue weighted by Crippen LogP contribution is 2.18. The molecule has 2 N–H and O–H groups in total. The third-order valence-corrected chi connectivity index (χ3v) is 2.10. The SMILES string of the molecule is Cc1nc(N)c(C#N)cc1Br. The van der Waals surface area contributed by atoms with Crippen LogP contribution >= 0.6 is 15.9 Å². The molecule has 0 bridgehead atoms. The van der Waals surface area contributed by atoms with Crippen LogP contribution in [0, 0.1) is 18.3 Å². The Labute approximate surface area is 73.0 Å². The number of hydrogen-bond donors (Lipinski definition) is 1. The van der Waals surface area contributed by atoms with Gasteiger partial charge in [0.1, 0.15) is 11.9 Å². The number of aryl methyl sites for hydroxylation is 1. The maximum Gasteiger partial charge on any atom is 0.141 e. The van der Waals surface area contributed by atoms with Gasteiger partial charge in [-0.25, -0.2) is 4.98 Å². The fourth-order valence-electron chi connectivity index (χ4n) is 0.689. The molecule has 0 saturated carbocycles. The number of rotatable bonds is 0. The third kappa shape index (κ3) is 1.49. The van der Waals surface area contributed by atoms with Gasteiger partial charge < -0.3 is 5.73 Å². The van der Waals surface area contributed by atoms with Crippen LogP contribution in [0.5, 0.6) is 0 Å². The quantitative estimate of drug-likeness (QED) is 0.710. The van der Waals surface area contributed by atoms with E-state index in [1.807, 2.05) is 13.0 Å². The van der Waals surface area contributed by atoms with Crippen molar-refractivity contribution in [2.45, 2.75) is 6.92 Å². The van der Waals surface area contributed by atoms with Crippen molar-refractivity contribution in [3.05, 3.63) is 21.8 Å². The van der Waals surface area contributed by atoms with E-state index >= 15 is 0 Å². The number of nitrogen functional groups attached to an aromatic ring is 1. The van der Waals surface area contributed by atoms with Crippen molar-refractivity contribution in [3.8, 4) is 6.07 Å². The zero-order chi connectivity index (χ0) is 8.43. The fourth-order valence-corrected chi connectivity index (χ4v) is 1.01. The van der Waals surface area contributed by atoms with E-state index in [4.69, 9.17) is 11.0 Å². The molecule has 0 unspecified atom stereocenters. The second kappa shape index (κ2) is 2.89. The lowest BCUT2D eigenvalue weighted by Crippen LogP contribution is -1.96. The lowest BCUT2D eigenvalue weighted by molar-refractivity contribution is 1.18. The molecule has 1 rings (SSSR count). The Morgan fingerprint density at radius 3 is 2.91 bits per heavy atom. The molecule has 0 aromatic carbocycles. The predicted octanol–water partition coefficient (Wildman–Crippen LogP) is 1.61. The van der Waals surface area contributed by atoms with Gasteiger partial charge in [-0.15, -0.1) is 0 Å². The van der Waals surface area contributed by atoms with Crippen LogP contribution in [0.2, 0.25) is 0 Å². The first-order chi connectivity index (χ1) is 5.15. The van der Waals surface area contributed by atoms with Gasteiger partial charge in [0.05, 0.1) is 11.3 Å². The van der Waals surface area contributed by atoms with E-state index in [0.29, 0.717) is 5.56 Å². The Kier molecular flexibility index (Phi) is 2.11. The van der Waals surface area contributed by atoms with E-state index in [0.717, 1.165) is 10.2 Å². The summed E-state index contributed by atoms with van der Waals surface area (Å²) in [5.74, 6) is 0.285. The molecule has 0 aliphatic rings. The molecule has 1 aromatic rings. The van der Waals surface area contributed by atoms with Crippen molar-refractivity contribution in [1.29, 1.82) is 5.26 Å². The molecule has 1 aromatic heterocycles. The molecule has 0 aliphatic carbocycles. The Morgan fingerprint density at radius 2 is 2.36 bits per heavy atom. The molecule has 0 radical (unpaired) electrons. The van der Waals surface area contributed by atoms with E-state index in [1.54, 1.807) is 6.07 Å². The van der Waals surface area contributed by atoms with Crippen LogP contribution in [-0.4, -0.2) is 4.98 Å². The predicted molar refractivity (Wildman–Crippen MR) is 45.8 cm³/mol. The van der Waals surface area contributed by atoms with Gasteiger partial charge in [0.15, 0.2) is 0 Å². The van der Waals surface area contributed by atoms with E-state index in [2.05, 4.69) is 20.9 Å². The molecule has 11 heavy (non-hydrogen) atoms. The van der Waals surface area contributed by atoms with E-state index < -0.39 is 0 Å². The highest BCUT2D eigenvalue weighted by Gasteiger charge is 2.02. The minimum Gasteiger partial charge on any atom is -0.383 e. The van der Waals surface area contributed by atoms with Crippen molar-refractivity contribution >= 4 is 21.7 Å². The van der Waals surface area contributed by atoms with Gasteiger partial charge >= 0.3 is 0 Å². The van der Waals surface area contributed by atoms with Crippen molar-refractivity contribution < 1.29 is 0 Å². The average molecular weight is 212 g/mol. The second-order valence-electron chi connectivity index (χ2n) is 2.10. The fraction of sp³-hybridized carbons (Fsp3) is 0.143. The smallest absolute Gasteiger partial charge is 0.141 e. The first kappa shape index (κ1) is 8.02. The van der Waals surface area contributed by atoms with Crippen molar-refractivity contribution in [3.63, 3.8) is 0 Å². The Bertz CT molecular complexity index is 327. The summed E-state index contributed by atoms with van der Waals surface area (Å²) in [4.78, 5) is 3.95. The third-order valence-electron chi connectivity index (χ3n) is 1.30. The van der Waals surface area contributed by atoms with Crippen LogP contribution in [0.1, 0.15) is 11.3 Å². The van der Waals surface area contributed by atoms with Crippen LogP contribution in [0.25, 0.3) is 0 Å². The van der Waals surface area contributed by atoms with Gasteiger partial charge in [-0.05, 0) is 28.9 Å². The zero-order valence-corrected chi connectivity index (χ0v) is 7.51. The van der Waals surface area contributed by atoms with Crippen LogP contribution < -0.4 is 5.73 Å². The van der Waals surface area contributed by atoms with Gasteiger partial charge in [0.2, 0.25) is 0 Å². The van der Waals surface area contributed by atoms with Crippen molar-refractivity contribution in [2.75, 3.05) is 5.73 Å². The van der Waals surface area contributed by atoms with Gasteiger partial charge in [-0.3, -0.25) is 0 Å². The number of anilines is 1. The van der Waals surface area contributed by atoms with Crippen LogP contribution in [0.3, 0.4) is 0 Å². The molecule has 0 saturated heterocycles. The van der Waals surface area contributed by atoms with Gasteiger partial charge in [0.25, 0.3) is 0 Å². The summed E-state index contributed by atoms with van der Waals surface area (Å²) in [6, 6.07) is 3.61. The molecule has 0 fully saturated rings. The Hall–Kier alpha value is -1.08. The maximum absolute atomic E-state index is 8.54. The van der Waals surface area contributed by atoms with Crippen LogP contribution in [0.15, 0.2) is 10.5 Å². The number of hydrogen-bond acceptors (Lipinski definition) is 3. The molecular formula is C7H6BrN3. The summed E-state index contributed by atoms with van der Waals surface area (Å²) in [5, 5.41) is 8.54. The summed E-state index contributed by atoms with van der Waals surface area (Å²) in [5.41, 5.74) is 6.64. The topological polar surface area (TPSA) is 62.7 Å². The molecule has 3 nitrogen and oxygen atoms in total. The minimum absolute atomic E-state index is 0.285. The molecule has 56 valence electrons. The average Bonchev–Trinajstić information content (AvgIpc) is 1.97. The van der Waals surface area contributed by atoms with E-state index in [-0.39, 0.29) is 5.82 Å². The standard InChI is InChI=1S/C7H6BrN3/c1-4-6(8)2-5(3-9)7(10)11-4/h2H,1H3,(H2,10,11). The maximum atomic E-state index is 8.54. The molecule has 1 heterocycles. The highest BCUT2D eigenvalue weighted by atomic mass is 79.9. The number of nitrogens with two attached hydrogens (primary N) is 1. The zero-order valence-electron chi connectivity index (χ0n) is 5.93. The summed E-state index contributed by atoms with van der Waals surface area (Å²) < 4.78 is 0.809. The Balaban J connectivity index is 3.35. The van der Waals surface area contributed by atoms with Gasteiger partial charge in [-0.2, -0.15) is 5.26 Å². The first-order valence-electron chi connectivity index (χ1n) is 2.98. The van der Waals surface area contributed by atoms with Crippen LogP contribution in [-0.2, 0) is 0 Å². The highest BCUT2D eigenvalue weighted by molar-refractivity contribution is 9.10. The molecule has 0 atom stereocenters. The number of nitrogens with zero attached hydrogens (tertiary/aromatic N) is 2. The second-order valence-corrected chi connectivity index (χ2v) is 2.95. The summed E-state index contributed by atoms with van der Waals surface area (Å²) in [7, 11) is 0. The monoisotopic (exact) mass is 211 g/mol. The number of halogens is 1. The summed E-state index contributed by atoms with van der Waals surface area (Å²) >= 11 is 3.25. The van der Waals surface area contributed by atoms with E-state index in [1.165, 1.54) is 0 Å². The largest absolute Gasteiger partial charge is 0.383 e. The minimum atomic E-state index is 0.285. The summed E-state index contributed by atoms with van der Waals surface area (Å²) in [6.45, 7) is 1.82. The lowest BCUT2D eigenvalue weighted by atomic mass is 10.2. The summed E-state index contributed by atoms with van der Waals surface area (Å²) in [6.07, 6.45) is 0. The lowest BCUT2D eigenvalue weighted by Gasteiger charge is -1.99. The normalized spacial score (nSPS) is 9.18. The molecule has 0 aliphatic heterocycles. The molecular weight excluding hydrogens is 206 g/mol. The number of aromatic nitrogens is 1. The van der Waals surface area contributed by atoms with Gasteiger partial charge in [-0.1, -0.05) is 0 Å². The van der Waals surface area contributed by atoms with E-state index in [9.17, 15) is 0 Å². The molecule has 4 heteroatoms.